The van der Waals surface area contributed by atoms with Gasteiger partial charge >= 0.3 is 0 Å². The van der Waals surface area contributed by atoms with Crippen LogP contribution in [0.2, 0.25) is 0 Å². The van der Waals surface area contributed by atoms with Crippen LogP contribution in [0.3, 0.4) is 0 Å². The number of nitrogens with zero attached hydrogens (tertiary/aromatic N) is 3. The monoisotopic (exact) mass is 368 g/mol. The molecule has 4 rings (SSSR count). The van der Waals surface area contributed by atoms with Gasteiger partial charge in [0.15, 0.2) is 11.6 Å². The smallest absolute Gasteiger partial charge is 0.247 e. The number of benzene rings is 1. The number of morpholine rings is 1. The summed E-state index contributed by atoms with van der Waals surface area (Å²) in [5, 5.41) is 9.41. The number of nitrogens with one attached hydrogen (secondary N) is 3. The van der Waals surface area contributed by atoms with E-state index in [2.05, 4.69) is 43.0 Å². The van der Waals surface area contributed by atoms with E-state index < -0.39 is 0 Å². The Morgan fingerprint density at radius 3 is 2.63 bits per heavy atom. The average molecular weight is 368 g/mol. The second kappa shape index (κ2) is 7.40. The van der Waals surface area contributed by atoms with Crippen LogP contribution in [-0.2, 0) is 9.53 Å². The summed E-state index contributed by atoms with van der Waals surface area (Å²) in [5.41, 5.74) is 2.65. The number of aromatic nitrogens is 2. The van der Waals surface area contributed by atoms with Crippen molar-refractivity contribution in [2.24, 2.45) is 5.92 Å². The Hall–Kier alpha value is -2.87. The fourth-order valence-electron chi connectivity index (χ4n) is 3.31. The zero-order chi connectivity index (χ0) is 18.8. The van der Waals surface area contributed by atoms with Gasteiger partial charge < -0.3 is 25.6 Å². The van der Waals surface area contributed by atoms with E-state index in [-0.39, 0.29) is 17.9 Å². The molecule has 1 atom stereocenters. The van der Waals surface area contributed by atoms with Gasteiger partial charge in [0, 0.05) is 24.5 Å². The molecule has 142 valence electrons. The van der Waals surface area contributed by atoms with Crippen LogP contribution < -0.4 is 20.9 Å². The Morgan fingerprint density at radius 1 is 1.19 bits per heavy atom. The van der Waals surface area contributed by atoms with Crippen LogP contribution >= 0.6 is 0 Å². The maximum absolute atomic E-state index is 12.4. The second-order valence-electron chi connectivity index (χ2n) is 7.07. The van der Waals surface area contributed by atoms with Crippen molar-refractivity contribution >= 4 is 34.6 Å². The normalized spacial score (nSPS) is 19.3. The molecule has 0 bridgehead atoms. The van der Waals surface area contributed by atoms with E-state index in [9.17, 15) is 4.79 Å². The van der Waals surface area contributed by atoms with Gasteiger partial charge in [-0.2, -0.15) is 0 Å². The lowest BCUT2D eigenvalue weighted by Gasteiger charge is -2.29. The molecule has 27 heavy (non-hydrogen) atoms. The summed E-state index contributed by atoms with van der Waals surface area (Å²) < 4.78 is 5.40. The van der Waals surface area contributed by atoms with Crippen LogP contribution in [0.1, 0.15) is 13.8 Å². The molecule has 1 amide bonds. The first-order valence-corrected chi connectivity index (χ1v) is 9.24. The molecule has 0 saturated carbocycles. The van der Waals surface area contributed by atoms with Crippen LogP contribution in [0, 0.1) is 5.92 Å². The minimum atomic E-state index is -0.298. The number of rotatable bonds is 4. The number of hydrogen-bond donors (Lipinski definition) is 3. The number of amides is 1. The molecule has 8 heteroatoms. The molecule has 1 unspecified atom stereocenters. The molecule has 3 heterocycles. The Morgan fingerprint density at radius 2 is 1.93 bits per heavy atom. The number of carbonyl (C=O) groups excluding carboxylic acids is 1. The zero-order valence-electron chi connectivity index (χ0n) is 15.5. The number of hydrogen-bond acceptors (Lipinski definition) is 7. The highest BCUT2D eigenvalue weighted by Crippen LogP contribution is 2.33. The molecular formula is C19H24N6O2. The van der Waals surface area contributed by atoms with Crippen molar-refractivity contribution in [1.29, 1.82) is 0 Å². The van der Waals surface area contributed by atoms with Gasteiger partial charge in [0.2, 0.25) is 5.91 Å². The van der Waals surface area contributed by atoms with Gasteiger partial charge in [-0.15, -0.1) is 0 Å². The first-order valence-electron chi connectivity index (χ1n) is 9.24. The van der Waals surface area contributed by atoms with Gasteiger partial charge in [-0.3, -0.25) is 4.79 Å². The summed E-state index contributed by atoms with van der Waals surface area (Å²) in [4.78, 5) is 23.2. The van der Waals surface area contributed by atoms with E-state index in [4.69, 9.17) is 4.74 Å². The predicted octanol–water partition coefficient (Wildman–Crippen LogP) is 2.45. The van der Waals surface area contributed by atoms with Crippen LogP contribution in [0.4, 0.5) is 28.7 Å². The summed E-state index contributed by atoms with van der Waals surface area (Å²) >= 11 is 0. The fraction of sp³-hybridized carbons (Fsp3) is 0.421. The van der Waals surface area contributed by atoms with Crippen LogP contribution in [0.5, 0.6) is 0 Å². The Balaban J connectivity index is 1.52. The van der Waals surface area contributed by atoms with Gasteiger partial charge in [0.05, 0.1) is 13.2 Å². The lowest BCUT2D eigenvalue weighted by atomic mass is 10.0. The molecule has 8 nitrogen and oxygen atoms in total. The summed E-state index contributed by atoms with van der Waals surface area (Å²) in [7, 11) is 0. The molecule has 1 aromatic carbocycles. The highest BCUT2D eigenvalue weighted by Gasteiger charge is 2.30. The van der Waals surface area contributed by atoms with Crippen molar-refractivity contribution in [2.45, 2.75) is 19.9 Å². The molecule has 2 aliphatic heterocycles. The van der Waals surface area contributed by atoms with Crippen molar-refractivity contribution in [3.63, 3.8) is 0 Å². The van der Waals surface area contributed by atoms with E-state index in [0.29, 0.717) is 17.3 Å². The van der Waals surface area contributed by atoms with Crippen LogP contribution in [-0.4, -0.2) is 48.2 Å². The first-order chi connectivity index (χ1) is 13.1. The van der Waals surface area contributed by atoms with E-state index in [0.717, 1.165) is 32.0 Å². The average Bonchev–Trinajstić information content (AvgIpc) is 2.69. The predicted molar refractivity (Wildman–Crippen MR) is 106 cm³/mol. The standard InChI is InChI=1S/C19H24N6O2/c1-12(2)15-19(26)24-16-17(20-11-21-18(16)23-15)22-13-3-5-14(6-4-13)25-7-9-27-10-8-25/h3-6,11-12,15H,7-10H2,1-2H3,(H,24,26)(H2,20,21,22,23). The third-order valence-electron chi connectivity index (χ3n) is 4.84. The Bertz CT molecular complexity index is 817. The molecule has 0 radical (unpaired) electrons. The number of carbonyl (C=O) groups is 1. The highest BCUT2D eigenvalue weighted by molar-refractivity contribution is 6.05. The molecule has 1 fully saturated rings. The summed E-state index contributed by atoms with van der Waals surface area (Å²) in [6, 6.07) is 7.87. The molecular weight excluding hydrogens is 344 g/mol. The summed E-state index contributed by atoms with van der Waals surface area (Å²) in [6.07, 6.45) is 1.49. The van der Waals surface area contributed by atoms with Crippen molar-refractivity contribution < 1.29 is 9.53 Å². The molecule has 1 aromatic heterocycles. The minimum absolute atomic E-state index is 0.0713. The second-order valence-corrected chi connectivity index (χ2v) is 7.07. The molecule has 3 N–H and O–H groups in total. The molecule has 1 saturated heterocycles. The van der Waals surface area contributed by atoms with Gasteiger partial charge in [-0.25, -0.2) is 9.97 Å². The quantitative estimate of drug-likeness (QED) is 0.763. The van der Waals surface area contributed by atoms with Gasteiger partial charge in [-0.1, -0.05) is 13.8 Å². The number of fused-ring (bicyclic) bond motifs is 1. The minimum Gasteiger partial charge on any atom is -0.378 e. The largest absolute Gasteiger partial charge is 0.378 e. The van der Waals surface area contributed by atoms with Crippen molar-refractivity contribution in [3.8, 4) is 0 Å². The number of ether oxygens (including phenoxy) is 1. The van der Waals surface area contributed by atoms with E-state index in [1.807, 2.05) is 26.0 Å². The van der Waals surface area contributed by atoms with E-state index in [1.165, 1.54) is 12.0 Å². The summed E-state index contributed by atoms with van der Waals surface area (Å²) in [5.74, 6) is 1.30. The maximum Gasteiger partial charge on any atom is 0.247 e. The zero-order valence-corrected chi connectivity index (χ0v) is 15.5. The van der Waals surface area contributed by atoms with E-state index in [1.54, 1.807) is 0 Å². The van der Waals surface area contributed by atoms with Crippen molar-refractivity contribution in [2.75, 3.05) is 47.2 Å². The SMILES string of the molecule is CC(C)C1Nc2ncnc(Nc3ccc(N4CCOCC4)cc3)c2NC1=O. The van der Waals surface area contributed by atoms with Gasteiger partial charge in [-0.05, 0) is 30.2 Å². The number of anilines is 5. The highest BCUT2D eigenvalue weighted by atomic mass is 16.5. The fourth-order valence-corrected chi connectivity index (χ4v) is 3.31. The Kier molecular flexibility index (Phi) is 4.81. The molecule has 2 aromatic rings. The lowest BCUT2D eigenvalue weighted by Crippen LogP contribution is -2.43. The Labute approximate surface area is 158 Å². The van der Waals surface area contributed by atoms with Gasteiger partial charge in [0.25, 0.3) is 0 Å². The lowest BCUT2D eigenvalue weighted by molar-refractivity contribution is -0.117. The van der Waals surface area contributed by atoms with Crippen molar-refractivity contribution in [1.82, 2.24) is 9.97 Å². The third kappa shape index (κ3) is 3.66. The van der Waals surface area contributed by atoms with Gasteiger partial charge in [0.1, 0.15) is 18.1 Å². The summed E-state index contributed by atoms with van der Waals surface area (Å²) in [6.45, 7) is 7.33. The molecule has 2 aliphatic rings. The topological polar surface area (TPSA) is 91.4 Å². The molecule has 0 spiro atoms. The maximum atomic E-state index is 12.4. The van der Waals surface area contributed by atoms with Crippen LogP contribution in [0.25, 0.3) is 0 Å². The first kappa shape index (κ1) is 17.5. The van der Waals surface area contributed by atoms with Crippen LogP contribution in [0.15, 0.2) is 30.6 Å². The van der Waals surface area contributed by atoms with E-state index >= 15 is 0 Å². The molecule has 0 aliphatic carbocycles. The third-order valence-corrected chi connectivity index (χ3v) is 4.84. The van der Waals surface area contributed by atoms with Crippen molar-refractivity contribution in [3.05, 3.63) is 30.6 Å².